The lowest BCUT2D eigenvalue weighted by molar-refractivity contribution is 0.192. The second kappa shape index (κ2) is 9.19. The van der Waals surface area contributed by atoms with Gasteiger partial charge in [-0.3, -0.25) is 0 Å². The van der Waals surface area contributed by atoms with Crippen LogP contribution in [-0.2, 0) is 6.42 Å². The van der Waals surface area contributed by atoms with E-state index in [0.29, 0.717) is 5.75 Å². The van der Waals surface area contributed by atoms with E-state index in [-0.39, 0.29) is 0 Å². The molecule has 3 aromatic rings. The molecule has 0 saturated carbocycles. The fraction of sp³-hybridized carbons (Fsp3) is 0.250. The highest BCUT2D eigenvalue weighted by atomic mass is 19.1. The summed E-state index contributed by atoms with van der Waals surface area (Å²) in [7, 11) is 0. The lowest BCUT2D eigenvalue weighted by Crippen LogP contribution is -1.89. The third-order valence-corrected chi connectivity index (χ3v) is 4.65. The van der Waals surface area contributed by atoms with Gasteiger partial charge in [0.15, 0.2) is 0 Å². The number of halogens is 1. The molecule has 0 amide bonds. The zero-order valence-electron chi connectivity index (χ0n) is 15.2. The Morgan fingerprint density at radius 3 is 1.58 bits per heavy atom. The molecule has 134 valence electrons. The maximum atomic E-state index is 12.2. The summed E-state index contributed by atoms with van der Waals surface area (Å²) in [6.07, 6.45) is 4.98. The van der Waals surface area contributed by atoms with Crippen LogP contribution in [0.3, 0.4) is 0 Å². The summed E-state index contributed by atoms with van der Waals surface area (Å²) in [5, 5.41) is 0. The predicted octanol–water partition coefficient (Wildman–Crippen LogP) is 7.06. The number of alkyl halides is 1. The molecule has 0 heterocycles. The van der Waals surface area contributed by atoms with Crippen LogP contribution in [0.2, 0.25) is 0 Å². The van der Waals surface area contributed by atoms with E-state index < -0.39 is 6.86 Å². The zero-order valence-corrected chi connectivity index (χ0v) is 15.2. The molecule has 2 heteroatoms. The van der Waals surface area contributed by atoms with Crippen LogP contribution in [0.5, 0.6) is 5.75 Å². The fourth-order valence-corrected chi connectivity index (χ4v) is 3.10. The van der Waals surface area contributed by atoms with Crippen LogP contribution in [0.1, 0.15) is 31.7 Å². The van der Waals surface area contributed by atoms with E-state index in [4.69, 9.17) is 4.74 Å². The van der Waals surface area contributed by atoms with Crippen LogP contribution in [0.25, 0.3) is 22.3 Å². The SMILES string of the molecule is CCCCCc1ccc(-c2ccc(-c3ccc(OCF)cc3)cc2)cc1. The topological polar surface area (TPSA) is 9.23 Å². The Balaban J connectivity index is 1.68. The van der Waals surface area contributed by atoms with Crippen LogP contribution < -0.4 is 4.74 Å². The normalized spacial score (nSPS) is 10.7. The molecule has 3 rings (SSSR count). The first-order chi connectivity index (χ1) is 12.8. The van der Waals surface area contributed by atoms with Crippen molar-refractivity contribution < 1.29 is 9.13 Å². The number of aryl methyl sites for hydroxylation is 1. The lowest BCUT2D eigenvalue weighted by atomic mass is 9.98. The van der Waals surface area contributed by atoms with E-state index in [0.717, 1.165) is 17.5 Å². The molecular weight excluding hydrogens is 323 g/mol. The molecule has 0 aliphatic rings. The van der Waals surface area contributed by atoms with Crippen molar-refractivity contribution in [3.05, 3.63) is 78.4 Å². The molecule has 0 unspecified atom stereocenters. The number of benzene rings is 3. The van der Waals surface area contributed by atoms with Crippen molar-refractivity contribution in [3.8, 4) is 28.0 Å². The summed E-state index contributed by atoms with van der Waals surface area (Å²) in [5.74, 6) is 0.548. The molecule has 0 radical (unpaired) electrons. The second-order valence-corrected chi connectivity index (χ2v) is 6.51. The van der Waals surface area contributed by atoms with Crippen molar-refractivity contribution in [1.82, 2.24) is 0 Å². The molecular formula is C24H25FO. The Morgan fingerprint density at radius 1 is 0.654 bits per heavy atom. The smallest absolute Gasteiger partial charge is 0.228 e. The van der Waals surface area contributed by atoms with Gasteiger partial charge in [-0.2, -0.15) is 0 Å². The monoisotopic (exact) mass is 348 g/mol. The zero-order chi connectivity index (χ0) is 18.2. The summed E-state index contributed by atoms with van der Waals surface area (Å²) in [6, 6.07) is 24.9. The predicted molar refractivity (Wildman–Crippen MR) is 107 cm³/mol. The van der Waals surface area contributed by atoms with Crippen LogP contribution in [0.15, 0.2) is 72.8 Å². The molecule has 26 heavy (non-hydrogen) atoms. The maximum absolute atomic E-state index is 12.2. The minimum absolute atomic E-state index is 0.548. The third kappa shape index (κ3) is 4.72. The van der Waals surface area contributed by atoms with Crippen molar-refractivity contribution in [1.29, 1.82) is 0 Å². The van der Waals surface area contributed by atoms with Gasteiger partial charge < -0.3 is 4.74 Å². The Hall–Kier alpha value is -2.61. The summed E-state index contributed by atoms with van der Waals surface area (Å²) in [5.41, 5.74) is 6.09. The van der Waals surface area contributed by atoms with Crippen molar-refractivity contribution in [3.63, 3.8) is 0 Å². The molecule has 0 atom stereocenters. The van der Waals surface area contributed by atoms with Crippen molar-refractivity contribution in [2.75, 3.05) is 6.86 Å². The molecule has 0 aliphatic carbocycles. The van der Waals surface area contributed by atoms with Gasteiger partial charge >= 0.3 is 0 Å². The highest BCUT2D eigenvalue weighted by Gasteiger charge is 2.02. The first-order valence-corrected chi connectivity index (χ1v) is 9.28. The molecule has 0 saturated heterocycles. The minimum Gasteiger partial charge on any atom is -0.463 e. The molecule has 0 bridgehead atoms. The van der Waals surface area contributed by atoms with Gasteiger partial charge in [0.2, 0.25) is 6.86 Å². The summed E-state index contributed by atoms with van der Waals surface area (Å²) in [6.45, 7) is 1.43. The van der Waals surface area contributed by atoms with Gasteiger partial charge in [0.1, 0.15) is 5.75 Å². The Bertz CT molecular complexity index is 789. The minimum atomic E-state index is -0.800. The average molecular weight is 348 g/mol. The van der Waals surface area contributed by atoms with Crippen molar-refractivity contribution in [2.24, 2.45) is 0 Å². The third-order valence-electron chi connectivity index (χ3n) is 4.65. The van der Waals surface area contributed by atoms with Gasteiger partial charge in [0.05, 0.1) is 0 Å². The first-order valence-electron chi connectivity index (χ1n) is 9.28. The molecule has 0 aliphatic heterocycles. The number of ether oxygens (including phenoxy) is 1. The molecule has 0 N–H and O–H groups in total. The summed E-state index contributed by atoms with van der Waals surface area (Å²) < 4.78 is 17.0. The Labute approximate surface area is 155 Å². The fourth-order valence-electron chi connectivity index (χ4n) is 3.10. The second-order valence-electron chi connectivity index (χ2n) is 6.51. The quantitative estimate of drug-likeness (QED) is 0.396. The van der Waals surface area contributed by atoms with Crippen LogP contribution in [0, 0.1) is 0 Å². The Kier molecular flexibility index (Phi) is 6.43. The molecule has 0 spiro atoms. The van der Waals surface area contributed by atoms with Crippen LogP contribution in [0.4, 0.5) is 4.39 Å². The number of hydrogen-bond donors (Lipinski definition) is 0. The van der Waals surface area contributed by atoms with Crippen LogP contribution >= 0.6 is 0 Å². The standard InChI is InChI=1S/C24H25FO/c1-2-3-4-5-19-6-8-20(9-7-19)21-10-12-22(13-11-21)23-14-16-24(17-15-23)26-18-25/h6-17H,2-5,18H2,1H3. The molecule has 1 nitrogen and oxygen atoms in total. The molecule has 0 fully saturated rings. The van der Waals surface area contributed by atoms with Crippen molar-refractivity contribution in [2.45, 2.75) is 32.6 Å². The van der Waals surface area contributed by atoms with E-state index in [1.165, 1.54) is 36.0 Å². The number of unbranched alkanes of at least 4 members (excludes halogenated alkanes) is 2. The van der Waals surface area contributed by atoms with E-state index in [9.17, 15) is 4.39 Å². The lowest BCUT2D eigenvalue weighted by Gasteiger charge is -2.07. The highest BCUT2D eigenvalue weighted by molar-refractivity contribution is 5.70. The van der Waals surface area contributed by atoms with E-state index in [1.807, 2.05) is 12.1 Å². The first kappa shape index (κ1) is 18.2. The Morgan fingerprint density at radius 2 is 1.12 bits per heavy atom. The van der Waals surface area contributed by atoms with Crippen LogP contribution in [-0.4, -0.2) is 6.86 Å². The van der Waals surface area contributed by atoms with Gasteiger partial charge in [-0.25, -0.2) is 4.39 Å². The van der Waals surface area contributed by atoms with Crippen molar-refractivity contribution >= 4 is 0 Å². The summed E-state index contributed by atoms with van der Waals surface area (Å²) >= 11 is 0. The number of rotatable bonds is 8. The molecule has 0 aromatic heterocycles. The summed E-state index contributed by atoms with van der Waals surface area (Å²) in [4.78, 5) is 0. The van der Waals surface area contributed by atoms with E-state index >= 15 is 0 Å². The van der Waals surface area contributed by atoms with Gasteiger partial charge in [0, 0.05) is 0 Å². The van der Waals surface area contributed by atoms with Gasteiger partial charge in [-0.15, -0.1) is 0 Å². The average Bonchev–Trinajstić information content (AvgIpc) is 2.70. The largest absolute Gasteiger partial charge is 0.463 e. The van der Waals surface area contributed by atoms with Gasteiger partial charge in [0.25, 0.3) is 0 Å². The molecule has 3 aromatic carbocycles. The highest BCUT2D eigenvalue weighted by Crippen LogP contribution is 2.26. The van der Waals surface area contributed by atoms with Gasteiger partial charge in [-0.1, -0.05) is 80.4 Å². The number of hydrogen-bond acceptors (Lipinski definition) is 1. The van der Waals surface area contributed by atoms with Gasteiger partial charge in [-0.05, 0) is 52.8 Å². The maximum Gasteiger partial charge on any atom is 0.228 e. The van der Waals surface area contributed by atoms with E-state index in [1.54, 1.807) is 12.1 Å². The van der Waals surface area contributed by atoms with E-state index in [2.05, 4.69) is 55.5 Å².